The molecule has 0 fully saturated rings. The zero-order valence-electron chi connectivity index (χ0n) is 30.8. The minimum absolute atomic E-state index is 0.0575. The topological polar surface area (TPSA) is 119 Å². The summed E-state index contributed by atoms with van der Waals surface area (Å²) in [6.45, 7) is 4.66. The van der Waals surface area contributed by atoms with Crippen LogP contribution in [0.1, 0.15) is 174 Å². The van der Waals surface area contributed by atoms with E-state index >= 15 is 0 Å². The molecule has 0 rings (SSSR count). The smallest absolute Gasteiger partial charge is 0.326 e. The number of esters is 1. The van der Waals surface area contributed by atoms with Crippen LogP contribution in [0.4, 0.5) is 0 Å². The highest BCUT2D eigenvalue weighted by molar-refractivity contribution is 5.83. The van der Waals surface area contributed by atoms with E-state index in [1.54, 1.807) is 0 Å². The molecule has 0 aliphatic carbocycles. The SMILES string of the molecule is CC/C=C\C/C=C\C/C=C\C/C=C\CCCCCCCCCCCCC(=O)OC(CCC)CCCCCC(=O)NC(CCCN)C(=O)O. The van der Waals surface area contributed by atoms with Crippen molar-refractivity contribution in [2.45, 2.75) is 187 Å². The van der Waals surface area contributed by atoms with E-state index in [1.165, 1.54) is 57.8 Å². The number of allylic oxidation sites excluding steroid dienone is 8. The fraction of sp³-hybridized carbons (Fsp3) is 0.732. The minimum atomic E-state index is -1.02. The Balaban J connectivity index is 3.72. The van der Waals surface area contributed by atoms with Crippen molar-refractivity contribution in [3.8, 4) is 0 Å². The van der Waals surface area contributed by atoms with Gasteiger partial charge < -0.3 is 20.9 Å². The number of ether oxygens (including phenoxy) is 1. The molecule has 0 spiro atoms. The van der Waals surface area contributed by atoms with Crippen LogP contribution in [-0.4, -0.2) is 41.6 Å². The molecule has 0 heterocycles. The van der Waals surface area contributed by atoms with Gasteiger partial charge >= 0.3 is 11.9 Å². The lowest BCUT2D eigenvalue weighted by molar-refractivity contribution is -0.150. The van der Waals surface area contributed by atoms with Crippen LogP contribution in [0.5, 0.6) is 0 Å². The van der Waals surface area contributed by atoms with Gasteiger partial charge in [-0.15, -0.1) is 0 Å². The fourth-order valence-corrected chi connectivity index (χ4v) is 5.55. The minimum Gasteiger partial charge on any atom is -0.480 e. The molecule has 0 aliphatic rings. The molecule has 48 heavy (non-hydrogen) atoms. The summed E-state index contributed by atoms with van der Waals surface area (Å²) in [6, 6.07) is -0.873. The second-order valence-corrected chi connectivity index (χ2v) is 13.0. The van der Waals surface area contributed by atoms with Crippen molar-refractivity contribution < 1.29 is 24.2 Å². The molecule has 2 unspecified atom stereocenters. The largest absolute Gasteiger partial charge is 0.480 e. The zero-order chi connectivity index (χ0) is 35.3. The normalized spacial score (nSPS) is 13.2. The van der Waals surface area contributed by atoms with E-state index in [4.69, 9.17) is 10.5 Å². The number of carbonyl (C=O) groups excluding carboxylic acids is 2. The van der Waals surface area contributed by atoms with Crippen molar-refractivity contribution >= 4 is 17.8 Å². The highest BCUT2D eigenvalue weighted by Gasteiger charge is 2.19. The van der Waals surface area contributed by atoms with Gasteiger partial charge in [0.2, 0.25) is 5.91 Å². The number of carbonyl (C=O) groups is 3. The Kier molecular flexibility index (Phi) is 33.7. The standard InChI is InChI=1S/C41H72N2O5/c1-3-5-6-7-8-9-10-11-12-13-14-15-16-17-18-19-20-21-22-23-24-25-29-35-40(45)48-37(31-4-2)32-27-26-28-34-39(44)43-38(41(46)47)33-30-36-42/h5-6,8-9,11-12,14-15,37-38H,3-4,7,10,13,16-36,42H2,1-2H3,(H,43,44)(H,46,47)/b6-5-,9-8-,12-11-,15-14-. The van der Waals surface area contributed by atoms with Crippen LogP contribution in [0, 0.1) is 0 Å². The number of hydrogen-bond acceptors (Lipinski definition) is 5. The number of rotatable bonds is 34. The summed E-state index contributed by atoms with van der Waals surface area (Å²) in [5.74, 6) is -1.35. The van der Waals surface area contributed by atoms with E-state index in [2.05, 4.69) is 67.8 Å². The summed E-state index contributed by atoms with van der Waals surface area (Å²) in [5.41, 5.74) is 5.45. The molecule has 1 amide bonds. The van der Waals surface area contributed by atoms with Crippen LogP contribution in [0.25, 0.3) is 0 Å². The monoisotopic (exact) mass is 673 g/mol. The van der Waals surface area contributed by atoms with Gasteiger partial charge in [0.05, 0.1) is 0 Å². The highest BCUT2D eigenvalue weighted by Crippen LogP contribution is 2.16. The lowest BCUT2D eigenvalue weighted by Crippen LogP contribution is -2.40. The number of aliphatic carboxylic acids is 1. The van der Waals surface area contributed by atoms with E-state index in [0.717, 1.165) is 70.6 Å². The van der Waals surface area contributed by atoms with Crippen LogP contribution in [0.3, 0.4) is 0 Å². The number of carboxylic acid groups (broad SMARTS) is 1. The molecular formula is C41H72N2O5. The molecule has 0 radical (unpaired) electrons. The van der Waals surface area contributed by atoms with Crippen molar-refractivity contribution in [2.75, 3.05) is 6.54 Å². The van der Waals surface area contributed by atoms with E-state index in [1.807, 2.05) is 0 Å². The Hall–Kier alpha value is -2.67. The van der Waals surface area contributed by atoms with Crippen LogP contribution in [0.2, 0.25) is 0 Å². The second kappa shape index (κ2) is 35.6. The van der Waals surface area contributed by atoms with Crippen molar-refractivity contribution in [2.24, 2.45) is 5.73 Å². The number of nitrogens with one attached hydrogen (secondary N) is 1. The maximum atomic E-state index is 12.4. The lowest BCUT2D eigenvalue weighted by atomic mass is 10.0. The predicted molar refractivity (Wildman–Crippen MR) is 202 cm³/mol. The van der Waals surface area contributed by atoms with Gasteiger partial charge in [0.1, 0.15) is 12.1 Å². The zero-order valence-corrected chi connectivity index (χ0v) is 30.8. The summed E-state index contributed by atoms with van der Waals surface area (Å²) >= 11 is 0. The number of unbranched alkanes of at least 4 members (excludes halogenated alkanes) is 12. The molecule has 7 nitrogen and oxygen atoms in total. The number of hydrogen-bond donors (Lipinski definition) is 3. The van der Waals surface area contributed by atoms with Crippen molar-refractivity contribution in [1.29, 1.82) is 0 Å². The van der Waals surface area contributed by atoms with Gasteiger partial charge in [0, 0.05) is 12.8 Å². The Morgan fingerprint density at radius 2 is 1.15 bits per heavy atom. The average Bonchev–Trinajstić information content (AvgIpc) is 3.06. The molecule has 0 aliphatic heterocycles. The van der Waals surface area contributed by atoms with Gasteiger partial charge in [0.25, 0.3) is 0 Å². The first-order valence-corrected chi connectivity index (χ1v) is 19.5. The Morgan fingerprint density at radius 1 is 0.625 bits per heavy atom. The molecule has 0 aromatic rings. The molecule has 276 valence electrons. The van der Waals surface area contributed by atoms with E-state index in [9.17, 15) is 19.5 Å². The van der Waals surface area contributed by atoms with Gasteiger partial charge in [-0.1, -0.05) is 127 Å². The highest BCUT2D eigenvalue weighted by atomic mass is 16.5. The van der Waals surface area contributed by atoms with Crippen molar-refractivity contribution in [3.05, 3.63) is 48.6 Å². The quantitative estimate of drug-likeness (QED) is 0.0356. The van der Waals surface area contributed by atoms with Gasteiger partial charge in [-0.2, -0.15) is 0 Å². The lowest BCUT2D eigenvalue weighted by Gasteiger charge is -2.17. The molecule has 0 saturated heterocycles. The van der Waals surface area contributed by atoms with E-state index in [-0.39, 0.29) is 18.0 Å². The first kappa shape index (κ1) is 45.3. The van der Waals surface area contributed by atoms with Crippen LogP contribution < -0.4 is 11.1 Å². The first-order valence-electron chi connectivity index (χ1n) is 19.5. The van der Waals surface area contributed by atoms with Crippen molar-refractivity contribution in [1.82, 2.24) is 5.32 Å². The molecule has 7 heteroatoms. The molecule has 4 N–H and O–H groups in total. The van der Waals surface area contributed by atoms with Gasteiger partial charge in [-0.05, 0) is 90.0 Å². The third-order valence-electron chi connectivity index (χ3n) is 8.39. The van der Waals surface area contributed by atoms with Crippen LogP contribution >= 0.6 is 0 Å². The molecule has 0 bridgehead atoms. The molecule has 0 aromatic heterocycles. The summed E-state index contributed by atoms with van der Waals surface area (Å²) in [4.78, 5) is 35.8. The van der Waals surface area contributed by atoms with E-state index < -0.39 is 12.0 Å². The first-order chi connectivity index (χ1) is 23.4. The van der Waals surface area contributed by atoms with Crippen molar-refractivity contribution in [3.63, 3.8) is 0 Å². The maximum Gasteiger partial charge on any atom is 0.326 e. The Bertz CT molecular complexity index is 895. The predicted octanol–water partition coefficient (Wildman–Crippen LogP) is 10.4. The fourth-order valence-electron chi connectivity index (χ4n) is 5.55. The summed E-state index contributed by atoms with van der Waals surface area (Å²) in [7, 11) is 0. The number of amides is 1. The molecule has 0 saturated carbocycles. The van der Waals surface area contributed by atoms with Gasteiger partial charge in [-0.3, -0.25) is 9.59 Å². The Morgan fingerprint density at radius 3 is 1.71 bits per heavy atom. The van der Waals surface area contributed by atoms with Crippen LogP contribution in [0.15, 0.2) is 48.6 Å². The Labute approximate surface area is 294 Å². The second-order valence-electron chi connectivity index (χ2n) is 13.0. The number of carboxylic acids is 1. The number of nitrogens with two attached hydrogens (primary N) is 1. The average molecular weight is 673 g/mol. The third kappa shape index (κ3) is 31.9. The molecule has 2 atom stereocenters. The van der Waals surface area contributed by atoms with Gasteiger partial charge in [0.15, 0.2) is 0 Å². The molecule has 0 aromatic carbocycles. The summed E-state index contributed by atoms with van der Waals surface area (Å²) < 4.78 is 5.78. The third-order valence-corrected chi connectivity index (χ3v) is 8.39. The molecular weight excluding hydrogens is 600 g/mol. The summed E-state index contributed by atoms with van der Waals surface area (Å²) in [5, 5.41) is 11.8. The van der Waals surface area contributed by atoms with E-state index in [0.29, 0.717) is 38.6 Å². The van der Waals surface area contributed by atoms with Gasteiger partial charge in [-0.25, -0.2) is 4.79 Å². The summed E-state index contributed by atoms with van der Waals surface area (Å²) in [6.07, 6.45) is 42.4. The maximum absolute atomic E-state index is 12.4. The van der Waals surface area contributed by atoms with Crippen LogP contribution in [-0.2, 0) is 19.1 Å².